The lowest BCUT2D eigenvalue weighted by molar-refractivity contribution is -0.142. The number of nitrogens with zero attached hydrogens (tertiary/aromatic N) is 1. The van der Waals surface area contributed by atoms with Crippen molar-refractivity contribution in [2.45, 2.75) is 87.5 Å². The van der Waals surface area contributed by atoms with Gasteiger partial charge in [0.2, 0.25) is 17.7 Å². The molecule has 0 saturated carbocycles. The number of hydrogen-bond donors (Lipinski definition) is 3. The molecule has 1 aliphatic carbocycles. The molecule has 7 nitrogen and oxygen atoms in total. The molecular formula is C25H35FN4O3S. The van der Waals surface area contributed by atoms with Crippen LogP contribution >= 0.6 is 11.8 Å². The summed E-state index contributed by atoms with van der Waals surface area (Å²) in [5, 5.41) is 5.68. The van der Waals surface area contributed by atoms with Crippen molar-refractivity contribution >= 4 is 29.5 Å². The van der Waals surface area contributed by atoms with Gasteiger partial charge in [0.25, 0.3) is 0 Å². The number of halogens is 1. The molecule has 3 aliphatic rings. The molecule has 6 atom stereocenters. The van der Waals surface area contributed by atoms with Gasteiger partial charge >= 0.3 is 0 Å². The van der Waals surface area contributed by atoms with Crippen LogP contribution in [0.4, 0.5) is 4.39 Å². The van der Waals surface area contributed by atoms with Crippen LogP contribution in [0.25, 0.3) is 0 Å². The fraction of sp³-hybridized carbons (Fsp3) is 0.640. The summed E-state index contributed by atoms with van der Waals surface area (Å²) >= 11 is 1.71. The molecule has 2 fully saturated rings. The van der Waals surface area contributed by atoms with E-state index in [0.717, 1.165) is 30.4 Å². The van der Waals surface area contributed by atoms with Crippen molar-refractivity contribution in [3.05, 3.63) is 35.1 Å². The molecule has 9 heteroatoms. The molecule has 4 unspecified atom stereocenters. The molecule has 2 saturated heterocycles. The first kappa shape index (κ1) is 25.0. The highest BCUT2D eigenvalue weighted by Crippen LogP contribution is 2.51. The van der Waals surface area contributed by atoms with E-state index >= 15 is 0 Å². The normalized spacial score (nSPS) is 31.3. The number of likely N-dealkylation sites (N-methyl/N-ethyl adjacent to an activating group) is 1. The van der Waals surface area contributed by atoms with Crippen molar-refractivity contribution in [2.24, 2.45) is 11.1 Å². The van der Waals surface area contributed by atoms with Gasteiger partial charge in [0.1, 0.15) is 17.9 Å². The highest BCUT2D eigenvalue weighted by atomic mass is 32.2. The van der Waals surface area contributed by atoms with Gasteiger partial charge in [0.15, 0.2) is 0 Å². The van der Waals surface area contributed by atoms with Crippen LogP contribution in [0.5, 0.6) is 0 Å². The van der Waals surface area contributed by atoms with Crippen molar-refractivity contribution < 1.29 is 18.8 Å². The minimum atomic E-state index is -0.757. The van der Waals surface area contributed by atoms with Crippen molar-refractivity contribution in [2.75, 3.05) is 7.05 Å². The number of aryl methyl sites for hydroxylation is 1. The monoisotopic (exact) mass is 490 g/mol. The summed E-state index contributed by atoms with van der Waals surface area (Å²) in [7, 11) is 1.69. The average molecular weight is 491 g/mol. The molecule has 0 bridgehead atoms. The molecule has 1 aromatic carbocycles. The summed E-state index contributed by atoms with van der Waals surface area (Å²) < 4.78 is 13.9. The second-order valence-electron chi connectivity index (χ2n) is 10.5. The third-order valence-electron chi connectivity index (χ3n) is 7.71. The zero-order chi connectivity index (χ0) is 24.8. The highest BCUT2D eigenvalue weighted by Gasteiger charge is 2.55. The number of nitrogens with two attached hydrogens (primary N) is 1. The van der Waals surface area contributed by atoms with Crippen molar-refractivity contribution in [1.29, 1.82) is 0 Å². The van der Waals surface area contributed by atoms with Crippen molar-refractivity contribution in [3.63, 3.8) is 0 Å². The van der Waals surface area contributed by atoms with Crippen LogP contribution in [0.3, 0.4) is 0 Å². The first-order chi connectivity index (χ1) is 16.0. The Morgan fingerprint density at radius 2 is 2.06 bits per heavy atom. The van der Waals surface area contributed by atoms with Crippen LogP contribution in [0.15, 0.2) is 18.2 Å². The van der Waals surface area contributed by atoms with E-state index in [0.29, 0.717) is 12.8 Å². The first-order valence-electron chi connectivity index (χ1n) is 12.1. The Hall–Kier alpha value is -2.13. The maximum Gasteiger partial charge on any atom is 0.246 e. The minimum Gasteiger partial charge on any atom is -0.368 e. The molecular weight excluding hydrogens is 455 g/mol. The van der Waals surface area contributed by atoms with E-state index in [1.807, 2.05) is 19.9 Å². The van der Waals surface area contributed by atoms with Gasteiger partial charge in [-0.05, 0) is 80.7 Å². The van der Waals surface area contributed by atoms with E-state index in [1.165, 1.54) is 6.07 Å². The lowest BCUT2D eigenvalue weighted by atomic mass is 9.79. The number of rotatable bonds is 5. The minimum absolute atomic E-state index is 0.0288. The van der Waals surface area contributed by atoms with Gasteiger partial charge < -0.3 is 21.3 Å². The Morgan fingerprint density at radius 1 is 1.32 bits per heavy atom. The standard InChI is InChI=1S/C25H35FN4O3S/c1-13(28-4)23(32)29-18-11-19(17-7-5-6-14-10-15(26)8-9-16(14)17)34-20-12-25(2,3)21(22(27)31)30(20)24(18)33/h8-10,13,17-21,28H,5-7,11-12H2,1-4H3,(H2,27,31)(H,29,32)/t13-,17+,18?,19?,20?,21?/m0/s1. The summed E-state index contributed by atoms with van der Waals surface area (Å²) in [6, 6.07) is 3.05. The van der Waals surface area contributed by atoms with Gasteiger partial charge in [-0.15, -0.1) is 11.8 Å². The van der Waals surface area contributed by atoms with E-state index in [-0.39, 0.29) is 34.2 Å². The predicted molar refractivity (Wildman–Crippen MR) is 131 cm³/mol. The number of benzene rings is 1. The molecule has 0 aromatic heterocycles. The number of fused-ring (bicyclic) bond motifs is 2. The molecule has 1 aromatic rings. The van der Waals surface area contributed by atoms with Gasteiger partial charge in [-0.3, -0.25) is 14.4 Å². The summed E-state index contributed by atoms with van der Waals surface area (Å²) in [5.41, 5.74) is 7.47. The maximum atomic E-state index is 13.9. The highest BCUT2D eigenvalue weighted by molar-refractivity contribution is 8.00. The number of thioether (sulfide) groups is 1. The van der Waals surface area contributed by atoms with Crippen LogP contribution in [0, 0.1) is 11.2 Å². The number of carbonyl (C=O) groups excluding carboxylic acids is 3. The van der Waals surface area contributed by atoms with E-state index in [1.54, 1.807) is 36.7 Å². The van der Waals surface area contributed by atoms with Gasteiger partial charge in [-0.2, -0.15) is 0 Å². The van der Waals surface area contributed by atoms with E-state index < -0.39 is 29.4 Å². The largest absolute Gasteiger partial charge is 0.368 e. The summed E-state index contributed by atoms with van der Waals surface area (Å²) in [4.78, 5) is 40.7. The fourth-order valence-corrected chi connectivity index (χ4v) is 7.95. The molecule has 0 spiro atoms. The summed E-state index contributed by atoms with van der Waals surface area (Å²) in [5.74, 6) is -1.13. The van der Waals surface area contributed by atoms with Gasteiger partial charge in [0.05, 0.1) is 11.4 Å². The molecule has 4 N–H and O–H groups in total. The second kappa shape index (κ2) is 9.49. The zero-order valence-corrected chi connectivity index (χ0v) is 21.1. The Bertz CT molecular complexity index is 987. The Kier molecular flexibility index (Phi) is 6.97. The lowest BCUT2D eigenvalue weighted by Crippen LogP contribution is -2.57. The molecule has 2 heterocycles. The van der Waals surface area contributed by atoms with Crippen LogP contribution < -0.4 is 16.4 Å². The van der Waals surface area contributed by atoms with Crippen molar-refractivity contribution in [1.82, 2.24) is 15.5 Å². The Balaban J connectivity index is 1.72. The van der Waals surface area contributed by atoms with Crippen molar-refractivity contribution in [3.8, 4) is 0 Å². The van der Waals surface area contributed by atoms with Crippen LogP contribution in [0.1, 0.15) is 63.5 Å². The number of hydrogen-bond acceptors (Lipinski definition) is 5. The van der Waals surface area contributed by atoms with Gasteiger partial charge in [-0.1, -0.05) is 19.9 Å². The topological polar surface area (TPSA) is 105 Å². The lowest BCUT2D eigenvalue weighted by Gasteiger charge is -2.33. The van der Waals surface area contributed by atoms with Crippen LogP contribution in [-0.2, 0) is 20.8 Å². The molecule has 34 heavy (non-hydrogen) atoms. The Morgan fingerprint density at radius 3 is 2.74 bits per heavy atom. The van der Waals surface area contributed by atoms with Crippen LogP contribution in [0.2, 0.25) is 0 Å². The van der Waals surface area contributed by atoms with Crippen LogP contribution in [-0.4, -0.2) is 58.4 Å². The van der Waals surface area contributed by atoms with E-state index in [2.05, 4.69) is 10.6 Å². The van der Waals surface area contributed by atoms with E-state index in [4.69, 9.17) is 5.73 Å². The van der Waals surface area contributed by atoms with E-state index in [9.17, 15) is 18.8 Å². The smallest absolute Gasteiger partial charge is 0.246 e. The first-order valence-corrected chi connectivity index (χ1v) is 13.0. The maximum absolute atomic E-state index is 13.9. The van der Waals surface area contributed by atoms with Gasteiger partial charge in [-0.25, -0.2) is 4.39 Å². The number of carbonyl (C=O) groups is 3. The molecule has 3 amide bonds. The number of primary amides is 1. The zero-order valence-electron chi connectivity index (χ0n) is 20.3. The number of nitrogens with one attached hydrogen (secondary N) is 2. The second-order valence-corrected chi connectivity index (χ2v) is 11.9. The predicted octanol–water partition coefficient (Wildman–Crippen LogP) is 2.28. The fourth-order valence-electron chi connectivity index (χ4n) is 5.89. The average Bonchev–Trinajstić information content (AvgIpc) is 2.99. The SMILES string of the molecule is CN[C@@H](C)C(=O)NC1CC([C@@H]2CCCc3cc(F)ccc32)SC2CC(C)(C)C(C(N)=O)N2C1=O. The molecule has 2 aliphatic heterocycles. The molecule has 4 rings (SSSR count). The third kappa shape index (κ3) is 4.56. The van der Waals surface area contributed by atoms with Gasteiger partial charge in [0, 0.05) is 5.25 Å². The molecule has 0 radical (unpaired) electrons. The molecule has 186 valence electrons. The summed E-state index contributed by atoms with van der Waals surface area (Å²) in [6.07, 6.45) is 3.82. The quantitative estimate of drug-likeness (QED) is 0.588. The summed E-state index contributed by atoms with van der Waals surface area (Å²) in [6.45, 7) is 5.67. The third-order valence-corrected chi connectivity index (χ3v) is 9.29. The number of amides is 3. The Labute approximate surface area is 204 Å².